The molecular weight excluding hydrogens is 196 g/mol. The van der Waals surface area contributed by atoms with Crippen molar-refractivity contribution >= 4 is 24.4 Å². The smallest absolute Gasteiger partial charge is 0.163 e. The fraction of sp³-hybridized carbons (Fsp3) is 0.455. The topological polar surface area (TPSA) is 0 Å². The van der Waals surface area contributed by atoms with Gasteiger partial charge in [0.1, 0.15) is 0 Å². The highest BCUT2D eigenvalue weighted by Gasteiger charge is 2.12. The van der Waals surface area contributed by atoms with E-state index < -0.39 is 8.11 Å². The van der Waals surface area contributed by atoms with Gasteiger partial charge in [0.05, 0.1) is 0 Å². The first kappa shape index (κ1) is 10.8. The minimum atomic E-state index is -0.788. The summed E-state index contributed by atoms with van der Waals surface area (Å²) in [7, 11) is -0.788. The molecule has 1 aromatic carbocycles. The Morgan fingerprint density at radius 3 is 2.54 bits per heavy atom. The van der Waals surface area contributed by atoms with Crippen molar-refractivity contribution in [1.82, 2.24) is 0 Å². The average Bonchev–Trinajstić information content (AvgIpc) is 2.18. The van der Waals surface area contributed by atoms with Crippen LogP contribution in [0, 0.1) is 0 Å². The standard InChI is InChI=1S/C11H16ClSi/c1-3-9-13(12)11-8-6-5-7-10(11)4-2/h5-8H,3-4,9H2,1-2H3. The second kappa shape index (κ2) is 5.46. The van der Waals surface area contributed by atoms with Crippen molar-refractivity contribution in [2.75, 3.05) is 0 Å². The quantitative estimate of drug-likeness (QED) is 0.531. The lowest BCUT2D eigenvalue weighted by molar-refractivity contribution is 1.07. The molecule has 0 aliphatic carbocycles. The van der Waals surface area contributed by atoms with Gasteiger partial charge >= 0.3 is 0 Å². The zero-order valence-corrected chi connectivity index (χ0v) is 10.1. The molecule has 0 atom stereocenters. The molecule has 0 aliphatic heterocycles. The van der Waals surface area contributed by atoms with Gasteiger partial charge < -0.3 is 0 Å². The molecule has 0 saturated heterocycles. The third-order valence-electron chi connectivity index (χ3n) is 2.16. The van der Waals surface area contributed by atoms with Gasteiger partial charge in [0.25, 0.3) is 0 Å². The summed E-state index contributed by atoms with van der Waals surface area (Å²) in [6.45, 7) is 4.39. The van der Waals surface area contributed by atoms with E-state index in [1.54, 1.807) is 0 Å². The summed E-state index contributed by atoms with van der Waals surface area (Å²) in [5.41, 5.74) is 1.43. The lowest BCUT2D eigenvalue weighted by atomic mass is 10.2. The van der Waals surface area contributed by atoms with Gasteiger partial charge in [-0.15, -0.1) is 0 Å². The van der Waals surface area contributed by atoms with Gasteiger partial charge in [0.15, 0.2) is 8.11 Å². The number of halogens is 1. The Labute approximate surface area is 87.2 Å². The normalized spacial score (nSPS) is 10.8. The summed E-state index contributed by atoms with van der Waals surface area (Å²) >= 11 is 6.39. The summed E-state index contributed by atoms with van der Waals surface area (Å²) in [5, 5.41) is 1.42. The molecular formula is C11H16ClSi. The molecule has 0 nitrogen and oxygen atoms in total. The van der Waals surface area contributed by atoms with Gasteiger partial charge in [0, 0.05) is 0 Å². The number of hydrogen-bond acceptors (Lipinski definition) is 0. The van der Waals surface area contributed by atoms with Gasteiger partial charge in [-0.25, -0.2) is 0 Å². The SMILES string of the molecule is CCC[Si](Cl)c1ccccc1CC. The first-order valence-electron chi connectivity index (χ1n) is 4.89. The monoisotopic (exact) mass is 211 g/mol. The summed E-state index contributed by atoms with van der Waals surface area (Å²) < 4.78 is 0. The van der Waals surface area contributed by atoms with Crippen molar-refractivity contribution in [2.24, 2.45) is 0 Å². The number of rotatable bonds is 4. The van der Waals surface area contributed by atoms with Crippen molar-refractivity contribution in [3.63, 3.8) is 0 Å². The summed E-state index contributed by atoms with van der Waals surface area (Å²) in [6.07, 6.45) is 2.29. The van der Waals surface area contributed by atoms with Crippen LogP contribution in [-0.4, -0.2) is 8.11 Å². The Hall–Kier alpha value is -0.273. The van der Waals surface area contributed by atoms with Crippen molar-refractivity contribution in [2.45, 2.75) is 32.7 Å². The molecule has 0 fully saturated rings. The van der Waals surface area contributed by atoms with Crippen LogP contribution in [0.5, 0.6) is 0 Å². The highest BCUT2D eigenvalue weighted by Crippen LogP contribution is 2.07. The van der Waals surface area contributed by atoms with Crippen LogP contribution in [0.25, 0.3) is 0 Å². The molecule has 0 spiro atoms. The molecule has 0 unspecified atom stereocenters. The summed E-state index contributed by atoms with van der Waals surface area (Å²) in [6, 6.07) is 9.74. The van der Waals surface area contributed by atoms with Gasteiger partial charge in [-0.2, -0.15) is 11.1 Å². The minimum Gasteiger partial charge on any atom is -0.163 e. The number of benzene rings is 1. The molecule has 1 radical (unpaired) electrons. The molecule has 2 heteroatoms. The first-order valence-corrected chi connectivity index (χ1v) is 7.61. The summed E-state index contributed by atoms with van der Waals surface area (Å²) in [5.74, 6) is 0. The van der Waals surface area contributed by atoms with Crippen molar-refractivity contribution in [3.05, 3.63) is 29.8 Å². The first-order chi connectivity index (χ1) is 6.29. The van der Waals surface area contributed by atoms with Gasteiger partial charge in [-0.3, -0.25) is 0 Å². The van der Waals surface area contributed by atoms with E-state index >= 15 is 0 Å². The fourth-order valence-corrected chi connectivity index (χ4v) is 4.16. The maximum Gasteiger partial charge on any atom is 0.199 e. The lowest BCUT2D eigenvalue weighted by Gasteiger charge is -2.10. The van der Waals surface area contributed by atoms with Crippen molar-refractivity contribution in [1.29, 1.82) is 0 Å². The van der Waals surface area contributed by atoms with Crippen LogP contribution in [0.3, 0.4) is 0 Å². The average molecular weight is 212 g/mol. The molecule has 0 saturated carbocycles. The van der Waals surface area contributed by atoms with Crippen LogP contribution < -0.4 is 5.19 Å². The predicted molar refractivity (Wildman–Crippen MR) is 62.2 cm³/mol. The maximum atomic E-state index is 6.39. The molecule has 0 aliphatic rings. The molecule has 1 rings (SSSR count). The molecule has 0 bridgehead atoms. The third-order valence-corrected chi connectivity index (χ3v) is 5.35. The molecule has 71 valence electrons. The van der Waals surface area contributed by atoms with Crippen LogP contribution in [0.2, 0.25) is 6.04 Å². The van der Waals surface area contributed by atoms with Crippen LogP contribution in [-0.2, 0) is 6.42 Å². The van der Waals surface area contributed by atoms with Crippen LogP contribution in [0.1, 0.15) is 25.8 Å². The Morgan fingerprint density at radius 1 is 1.23 bits per heavy atom. The zero-order valence-electron chi connectivity index (χ0n) is 8.31. The molecule has 0 amide bonds. The van der Waals surface area contributed by atoms with E-state index in [9.17, 15) is 0 Å². The Balaban J connectivity index is 2.85. The van der Waals surface area contributed by atoms with Crippen molar-refractivity contribution in [3.8, 4) is 0 Å². The third kappa shape index (κ3) is 2.85. The maximum absolute atomic E-state index is 6.39. The highest BCUT2D eigenvalue weighted by atomic mass is 35.6. The van der Waals surface area contributed by atoms with E-state index in [1.165, 1.54) is 23.2 Å². The second-order valence-electron chi connectivity index (χ2n) is 3.17. The van der Waals surface area contributed by atoms with E-state index in [1.807, 2.05) is 0 Å². The lowest BCUT2D eigenvalue weighted by Crippen LogP contribution is -2.27. The van der Waals surface area contributed by atoms with Crippen LogP contribution in [0.15, 0.2) is 24.3 Å². The van der Waals surface area contributed by atoms with Crippen molar-refractivity contribution < 1.29 is 0 Å². The largest absolute Gasteiger partial charge is 0.199 e. The van der Waals surface area contributed by atoms with Gasteiger partial charge in [0.2, 0.25) is 0 Å². The zero-order chi connectivity index (χ0) is 9.68. The summed E-state index contributed by atoms with van der Waals surface area (Å²) in [4.78, 5) is 0. The Morgan fingerprint density at radius 2 is 1.92 bits per heavy atom. The van der Waals surface area contributed by atoms with Gasteiger partial charge in [-0.05, 0) is 23.2 Å². The van der Waals surface area contributed by atoms with E-state index in [4.69, 9.17) is 11.1 Å². The highest BCUT2D eigenvalue weighted by molar-refractivity contribution is 7.14. The second-order valence-corrected chi connectivity index (χ2v) is 6.38. The van der Waals surface area contributed by atoms with E-state index in [2.05, 4.69) is 38.1 Å². The molecule has 0 heterocycles. The molecule has 0 N–H and O–H groups in total. The predicted octanol–water partition coefficient (Wildman–Crippen LogP) is 3.10. The number of aryl methyl sites for hydroxylation is 1. The Bertz CT molecular complexity index is 260. The molecule has 0 aromatic heterocycles. The van der Waals surface area contributed by atoms with E-state index in [0.29, 0.717) is 0 Å². The van der Waals surface area contributed by atoms with E-state index in [-0.39, 0.29) is 0 Å². The Kier molecular flexibility index (Phi) is 4.53. The molecule has 1 aromatic rings. The molecule has 13 heavy (non-hydrogen) atoms. The minimum absolute atomic E-state index is 0.788. The van der Waals surface area contributed by atoms with E-state index in [0.717, 1.165) is 6.42 Å². The van der Waals surface area contributed by atoms with Crippen LogP contribution >= 0.6 is 11.1 Å². The van der Waals surface area contributed by atoms with Crippen LogP contribution in [0.4, 0.5) is 0 Å². The fourth-order valence-electron chi connectivity index (χ4n) is 1.45. The number of hydrogen-bond donors (Lipinski definition) is 0. The van der Waals surface area contributed by atoms with Gasteiger partial charge in [-0.1, -0.05) is 44.5 Å².